The predicted octanol–water partition coefficient (Wildman–Crippen LogP) is 2.37. The van der Waals surface area contributed by atoms with Crippen molar-refractivity contribution in [2.24, 2.45) is 0 Å². The normalized spacial score (nSPS) is 15.1. The van der Waals surface area contributed by atoms with Gasteiger partial charge in [-0.15, -0.1) is 0 Å². The van der Waals surface area contributed by atoms with E-state index in [0.29, 0.717) is 6.42 Å². The Morgan fingerprint density at radius 2 is 2.13 bits per heavy atom. The minimum Gasteiger partial charge on any atom is -0.495 e. The van der Waals surface area contributed by atoms with Crippen molar-refractivity contribution in [1.82, 2.24) is 0 Å². The molecule has 0 bridgehead atoms. The van der Waals surface area contributed by atoms with Crippen LogP contribution >= 0.6 is 15.9 Å². The highest BCUT2D eigenvalue weighted by atomic mass is 79.9. The first-order valence-corrected chi connectivity index (χ1v) is 5.55. The molecule has 80 valence electrons. The number of hydrogen-bond donors (Lipinski definition) is 0. The SMILES string of the molecule is COc1cc2c(cc1Br)CCC(=O)N2C. The largest absolute Gasteiger partial charge is 0.495 e. The van der Waals surface area contributed by atoms with E-state index in [-0.39, 0.29) is 5.91 Å². The van der Waals surface area contributed by atoms with Crippen LogP contribution in [0.3, 0.4) is 0 Å². The van der Waals surface area contributed by atoms with Gasteiger partial charge in [-0.25, -0.2) is 0 Å². The molecule has 4 heteroatoms. The van der Waals surface area contributed by atoms with Gasteiger partial charge in [0.25, 0.3) is 0 Å². The molecule has 15 heavy (non-hydrogen) atoms. The van der Waals surface area contributed by atoms with Gasteiger partial charge < -0.3 is 9.64 Å². The topological polar surface area (TPSA) is 29.5 Å². The van der Waals surface area contributed by atoms with Crippen molar-refractivity contribution in [3.8, 4) is 5.75 Å². The Balaban J connectivity index is 2.53. The summed E-state index contributed by atoms with van der Waals surface area (Å²) in [6, 6.07) is 3.92. The predicted molar refractivity (Wildman–Crippen MR) is 62.4 cm³/mol. The molecule has 1 heterocycles. The lowest BCUT2D eigenvalue weighted by molar-refractivity contribution is -0.118. The number of hydrogen-bond acceptors (Lipinski definition) is 2. The number of amides is 1. The maximum Gasteiger partial charge on any atom is 0.227 e. The Morgan fingerprint density at radius 3 is 2.80 bits per heavy atom. The van der Waals surface area contributed by atoms with Crippen LogP contribution in [0.2, 0.25) is 0 Å². The number of nitrogens with zero attached hydrogens (tertiary/aromatic N) is 1. The first kappa shape index (κ1) is 10.5. The maximum atomic E-state index is 11.5. The van der Waals surface area contributed by atoms with Gasteiger partial charge in [0.1, 0.15) is 5.75 Å². The lowest BCUT2D eigenvalue weighted by atomic mass is 10.0. The minimum atomic E-state index is 0.159. The Hall–Kier alpha value is -1.03. The maximum absolute atomic E-state index is 11.5. The van der Waals surface area contributed by atoms with Gasteiger partial charge in [-0.05, 0) is 34.0 Å². The molecule has 0 aromatic heterocycles. The summed E-state index contributed by atoms with van der Waals surface area (Å²) < 4.78 is 6.15. The third-order valence-corrected chi connectivity index (χ3v) is 3.32. The zero-order valence-electron chi connectivity index (χ0n) is 8.71. The number of ether oxygens (including phenoxy) is 1. The first-order valence-electron chi connectivity index (χ1n) is 4.76. The standard InChI is InChI=1S/C11H12BrNO2/c1-13-9-6-10(15-2)8(12)5-7(9)3-4-11(13)14/h5-6H,3-4H2,1-2H3. The van der Waals surface area contributed by atoms with Crippen LogP contribution in [-0.4, -0.2) is 20.1 Å². The molecule has 0 unspecified atom stereocenters. The molecule has 0 saturated carbocycles. The van der Waals surface area contributed by atoms with Crippen LogP contribution in [0.4, 0.5) is 5.69 Å². The molecule has 1 aromatic carbocycles. The third-order valence-electron chi connectivity index (χ3n) is 2.70. The Labute approximate surface area is 97.2 Å². The van der Waals surface area contributed by atoms with Gasteiger partial charge in [0.05, 0.1) is 17.3 Å². The van der Waals surface area contributed by atoms with Crippen LogP contribution in [0.25, 0.3) is 0 Å². The molecule has 1 aliphatic heterocycles. The Kier molecular flexibility index (Phi) is 2.69. The van der Waals surface area contributed by atoms with E-state index in [1.54, 1.807) is 19.1 Å². The van der Waals surface area contributed by atoms with Crippen molar-refractivity contribution < 1.29 is 9.53 Å². The number of aryl methyl sites for hydroxylation is 1. The van der Waals surface area contributed by atoms with Crippen molar-refractivity contribution in [2.75, 3.05) is 19.1 Å². The molecule has 0 N–H and O–H groups in total. The molecule has 0 fully saturated rings. The summed E-state index contributed by atoms with van der Waals surface area (Å²) in [5, 5.41) is 0. The lowest BCUT2D eigenvalue weighted by Gasteiger charge is -2.26. The van der Waals surface area contributed by atoms with E-state index in [2.05, 4.69) is 15.9 Å². The van der Waals surface area contributed by atoms with E-state index in [1.807, 2.05) is 12.1 Å². The lowest BCUT2D eigenvalue weighted by Crippen LogP contribution is -2.31. The minimum absolute atomic E-state index is 0.159. The molecule has 0 atom stereocenters. The van der Waals surface area contributed by atoms with Crippen LogP contribution in [0.1, 0.15) is 12.0 Å². The summed E-state index contributed by atoms with van der Waals surface area (Å²) in [5.41, 5.74) is 2.14. The van der Waals surface area contributed by atoms with Crippen molar-refractivity contribution in [2.45, 2.75) is 12.8 Å². The van der Waals surface area contributed by atoms with Crippen molar-refractivity contribution >= 4 is 27.5 Å². The van der Waals surface area contributed by atoms with E-state index >= 15 is 0 Å². The number of benzene rings is 1. The second-order valence-corrected chi connectivity index (χ2v) is 4.42. The molecule has 0 radical (unpaired) electrons. The highest BCUT2D eigenvalue weighted by Crippen LogP contribution is 2.35. The molecule has 1 aliphatic rings. The molecule has 0 spiro atoms. The van der Waals surface area contributed by atoms with Crippen LogP contribution in [0, 0.1) is 0 Å². The van der Waals surface area contributed by atoms with Crippen molar-refractivity contribution in [1.29, 1.82) is 0 Å². The van der Waals surface area contributed by atoms with Crippen LogP contribution < -0.4 is 9.64 Å². The number of rotatable bonds is 1. The smallest absolute Gasteiger partial charge is 0.227 e. The first-order chi connectivity index (χ1) is 7.13. The summed E-state index contributed by atoms with van der Waals surface area (Å²) in [4.78, 5) is 13.2. The second-order valence-electron chi connectivity index (χ2n) is 3.57. The number of fused-ring (bicyclic) bond motifs is 1. The Bertz CT molecular complexity index is 417. The fourth-order valence-electron chi connectivity index (χ4n) is 1.80. The number of carbonyl (C=O) groups excluding carboxylic acids is 1. The fraction of sp³-hybridized carbons (Fsp3) is 0.364. The van der Waals surface area contributed by atoms with E-state index in [1.165, 1.54) is 5.56 Å². The van der Waals surface area contributed by atoms with E-state index in [0.717, 1.165) is 22.3 Å². The average molecular weight is 270 g/mol. The molecular weight excluding hydrogens is 258 g/mol. The van der Waals surface area contributed by atoms with Gasteiger partial charge in [0.15, 0.2) is 0 Å². The van der Waals surface area contributed by atoms with Gasteiger partial charge in [-0.2, -0.15) is 0 Å². The van der Waals surface area contributed by atoms with E-state index < -0.39 is 0 Å². The van der Waals surface area contributed by atoms with Crippen LogP contribution in [-0.2, 0) is 11.2 Å². The molecule has 0 aliphatic carbocycles. The summed E-state index contributed by atoms with van der Waals surface area (Å²) in [6.07, 6.45) is 1.39. The highest BCUT2D eigenvalue weighted by molar-refractivity contribution is 9.10. The molecule has 3 nitrogen and oxygen atoms in total. The van der Waals surface area contributed by atoms with Gasteiger partial charge in [0.2, 0.25) is 5.91 Å². The van der Waals surface area contributed by atoms with Crippen LogP contribution in [0.15, 0.2) is 16.6 Å². The Morgan fingerprint density at radius 1 is 1.40 bits per heavy atom. The molecule has 1 amide bonds. The molecule has 2 rings (SSSR count). The fourth-order valence-corrected chi connectivity index (χ4v) is 2.35. The van der Waals surface area contributed by atoms with Gasteiger partial charge in [0, 0.05) is 19.5 Å². The number of halogens is 1. The van der Waals surface area contributed by atoms with Crippen molar-refractivity contribution in [3.63, 3.8) is 0 Å². The average Bonchev–Trinajstić information content (AvgIpc) is 2.23. The molecule has 1 aromatic rings. The number of carbonyl (C=O) groups is 1. The second kappa shape index (κ2) is 3.85. The number of anilines is 1. The van der Waals surface area contributed by atoms with Gasteiger partial charge in [-0.1, -0.05) is 0 Å². The summed E-state index contributed by atoms with van der Waals surface area (Å²) >= 11 is 3.44. The van der Waals surface area contributed by atoms with Crippen LogP contribution in [0.5, 0.6) is 5.75 Å². The highest BCUT2D eigenvalue weighted by Gasteiger charge is 2.22. The van der Waals surface area contributed by atoms with Gasteiger partial charge >= 0.3 is 0 Å². The van der Waals surface area contributed by atoms with Crippen molar-refractivity contribution in [3.05, 3.63) is 22.2 Å². The van der Waals surface area contributed by atoms with E-state index in [9.17, 15) is 4.79 Å². The van der Waals surface area contributed by atoms with Gasteiger partial charge in [-0.3, -0.25) is 4.79 Å². The third kappa shape index (κ3) is 1.74. The number of methoxy groups -OCH3 is 1. The quantitative estimate of drug-likeness (QED) is 0.784. The summed E-state index contributed by atoms with van der Waals surface area (Å²) in [7, 11) is 3.42. The molecule has 0 saturated heterocycles. The summed E-state index contributed by atoms with van der Waals surface area (Å²) in [6.45, 7) is 0. The zero-order chi connectivity index (χ0) is 11.0. The zero-order valence-corrected chi connectivity index (χ0v) is 10.3. The molecular formula is C11H12BrNO2. The van der Waals surface area contributed by atoms with E-state index in [4.69, 9.17) is 4.74 Å². The summed E-state index contributed by atoms with van der Waals surface area (Å²) in [5.74, 6) is 0.919. The monoisotopic (exact) mass is 269 g/mol.